The molecular weight excluding hydrogens is 344 g/mol. The molecule has 0 saturated heterocycles. The Kier molecular flexibility index (Phi) is 7.08. The number of hydrogen-bond donors (Lipinski definition) is 2. The minimum absolute atomic E-state index is 0.0292. The molecule has 138 valence electrons. The number of halogens is 2. The number of carbonyl (C=O) groups is 2. The van der Waals surface area contributed by atoms with Crippen LogP contribution in [0.3, 0.4) is 0 Å². The Balaban J connectivity index is 1.76. The molecule has 7 heteroatoms. The zero-order valence-electron chi connectivity index (χ0n) is 14.0. The molecule has 0 fully saturated rings. The Morgan fingerprint density at radius 3 is 2.50 bits per heavy atom. The third kappa shape index (κ3) is 6.16. The number of aliphatic carboxylic acids is 1. The number of nitrogens with one attached hydrogen (secondary N) is 1. The monoisotopic (exact) mass is 363 g/mol. The highest BCUT2D eigenvalue weighted by molar-refractivity contribution is 5.83. The molecule has 0 heterocycles. The summed E-state index contributed by atoms with van der Waals surface area (Å²) in [5.74, 6) is -3.17. The summed E-state index contributed by atoms with van der Waals surface area (Å²) in [6.45, 7) is 0.0480. The first kappa shape index (κ1) is 19.4. The van der Waals surface area contributed by atoms with E-state index in [2.05, 4.69) is 5.32 Å². The van der Waals surface area contributed by atoms with Gasteiger partial charge in [0, 0.05) is 18.9 Å². The lowest BCUT2D eigenvalue weighted by Gasteiger charge is -2.15. The van der Waals surface area contributed by atoms with Crippen molar-refractivity contribution in [3.8, 4) is 5.75 Å². The fraction of sp³-hybridized carbons (Fsp3) is 0.263. The van der Waals surface area contributed by atoms with E-state index >= 15 is 0 Å². The Labute approximate surface area is 149 Å². The van der Waals surface area contributed by atoms with E-state index in [0.717, 1.165) is 11.6 Å². The molecule has 0 aliphatic carbocycles. The van der Waals surface area contributed by atoms with E-state index in [4.69, 9.17) is 4.74 Å². The molecule has 0 bridgehead atoms. The minimum Gasteiger partial charge on any atom is -0.491 e. The van der Waals surface area contributed by atoms with Gasteiger partial charge < -0.3 is 15.2 Å². The zero-order chi connectivity index (χ0) is 18.9. The van der Waals surface area contributed by atoms with Crippen molar-refractivity contribution in [1.29, 1.82) is 0 Å². The van der Waals surface area contributed by atoms with Gasteiger partial charge in [-0.1, -0.05) is 30.3 Å². The molecule has 26 heavy (non-hydrogen) atoms. The van der Waals surface area contributed by atoms with E-state index in [0.29, 0.717) is 6.07 Å². The van der Waals surface area contributed by atoms with E-state index in [9.17, 15) is 23.5 Å². The molecule has 2 rings (SSSR count). The third-order valence-electron chi connectivity index (χ3n) is 3.62. The van der Waals surface area contributed by atoms with E-state index in [1.807, 2.05) is 6.07 Å². The van der Waals surface area contributed by atoms with Crippen molar-refractivity contribution in [3.05, 3.63) is 65.7 Å². The average Bonchev–Trinajstić information content (AvgIpc) is 2.60. The molecule has 0 unspecified atom stereocenters. The lowest BCUT2D eigenvalue weighted by molar-refractivity contribution is -0.141. The average molecular weight is 363 g/mol. The van der Waals surface area contributed by atoms with Crippen LogP contribution in [0.25, 0.3) is 0 Å². The van der Waals surface area contributed by atoms with Crippen molar-refractivity contribution in [1.82, 2.24) is 5.32 Å². The first-order chi connectivity index (χ1) is 12.5. The van der Waals surface area contributed by atoms with Gasteiger partial charge in [0.1, 0.15) is 11.9 Å². The summed E-state index contributed by atoms with van der Waals surface area (Å²) in [7, 11) is 0. The molecule has 0 saturated carbocycles. The number of benzene rings is 2. The molecule has 2 aromatic carbocycles. The van der Waals surface area contributed by atoms with E-state index < -0.39 is 29.6 Å². The third-order valence-corrected chi connectivity index (χ3v) is 3.62. The number of carboxylic acid groups (broad SMARTS) is 1. The first-order valence-corrected chi connectivity index (χ1v) is 8.09. The van der Waals surface area contributed by atoms with Crippen molar-refractivity contribution >= 4 is 11.9 Å². The van der Waals surface area contributed by atoms with Crippen LogP contribution in [0.15, 0.2) is 48.5 Å². The van der Waals surface area contributed by atoms with Crippen LogP contribution in [0.4, 0.5) is 8.78 Å². The molecule has 2 aromatic rings. The van der Waals surface area contributed by atoms with Crippen LogP contribution in [-0.2, 0) is 16.0 Å². The van der Waals surface area contributed by atoms with Gasteiger partial charge in [0.05, 0.1) is 6.61 Å². The van der Waals surface area contributed by atoms with Crippen molar-refractivity contribution in [3.63, 3.8) is 0 Å². The predicted octanol–water partition coefficient (Wildman–Crippen LogP) is 2.94. The molecule has 0 spiro atoms. The van der Waals surface area contributed by atoms with E-state index in [1.54, 1.807) is 24.3 Å². The standard InChI is InChI=1S/C19H19F2NO4/c20-14-8-9-17(15(21)12-14)26-10-4-7-18(23)22-16(19(24)25)11-13-5-2-1-3-6-13/h1-3,5-6,8-9,12,16H,4,7,10-11H2,(H,22,23)(H,24,25)/t16-/m1/s1. The lowest BCUT2D eigenvalue weighted by atomic mass is 10.1. The van der Waals surface area contributed by atoms with Crippen LogP contribution < -0.4 is 10.1 Å². The second-order valence-corrected chi connectivity index (χ2v) is 5.67. The molecule has 2 N–H and O–H groups in total. The maximum Gasteiger partial charge on any atom is 0.326 e. The van der Waals surface area contributed by atoms with Crippen LogP contribution in [0.1, 0.15) is 18.4 Å². The Morgan fingerprint density at radius 2 is 1.85 bits per heavy atom. The number of rotatable bonds is 9. The molecule has 1 atom stereocenters. The maximum atomic E-state index is 13.4. The highest BCUT2D eigenvalue weighted by atomic mass is 19.1. The second kappa shape index (κ2) is 9.50. The van der Waals surface area contributed by atoms with Crippen LogP contribution in [0.5, 0.6) is 5.75 Å². The number of hydrogen-bond acceptors (Lipinski definition) is 3. The summed E-state index contributed by atoms with van der Waals surface area (Å²) in [5.41, 5.74) is 0.801. The zero-order valence-corrected chi connectivity index (χ0v) is 14.0. The predicted molar refractivity (Wildman–Crippen MR) is 90.8 cm³/mol. The molecule has 0 radical (unpaired) electrons. The molecule has 0 aliphatic rings. The van der Waals surface area contributed by atoms with Crippen LogP contribution >= 0.6 is 0 Å². The first-order valence-electron chi connectivity index (χ1n) is 8.09. The molecule has 0 aliphatic heterocycles. The van der Waals surface area contributed by atoms with Crippen molar-refractivity contribution in [2.24, 2.45) is 0 Å². The van der Waals surface area contributed by atoms with E-state index in [1.165, 1.54) is 6.07 Å². The summed E-state index contributed by atoms with van der Waals surface area (Å²) < 4.78 is 31.3. The largest absolute Gasteiger partial charge is 0.491 e. The highest BCUT2D eigenvalue weighted by Gasteiger charge is 2.20. The smallest absolute Gasteiger partial charge is 0.326 e. The summed E-state index contributed by atoms with van der Waals surface area (Å²) in [4.78, 5) is 23.2. The van der Waals surface area contributed by atoms with Gasteiger partial charge in [-0.3, -0.25) is 4.79 Å². The Morgan fingerprint density at radius 1 is 1.12 bits per heavy atom. The van der Waals surface area contributed by atoms with Crippen LogP contribution in [0, 0.1) is 11.6 Å². The van der Waals surface area contributed by atoms with Crippen LogP contribution in [0.2, 0.25) is 0 Å². The Bertz CT molecular complexity index is 752. The number of amides is 1. The normalized spacial score (nSPS) is 11.6. The van der Waals surface area contributed by atoms with Crippen molar-refractivity contribution < 1.29 is 28.2 Å². The van der Waals surface area contributed by atoms with Crippen molar-refractivity contribution in [2.75, 3.05) is 6.61 Å². The van der Waals surface area contributed by atoms with Crippen molar-refractivity contribution in [2.45, 2.75) is 25.3 Å². The summed E-state index contributed by atoms with van der Waals surface area (Å²) >= 11 is 0. The van der Waals surface area contributed by atoms with Gasteiger partial charge in [0.15, 0.2) is 11.6 Å². The van der Waals surface area contributed by atoms with Gasteiger partial charge in [-0.25, -0.2) is 13.6 Å². The summed E-state index contributed by atoms with van der Waals surface area (Å²) in [5, 5.41) is 11.7. The number of carboxylic acids is 1. The van der Waals surface area contributed by atoms with Crippen LogP contribution in [-0.4, -0.2) is 29.6 Å². The molecule has 1 amide bonds. The van der Waals surface area contributed by atoms with Gasteiger partial charge in [0.25, 0.3) is 0 Å². The number of ether oxygens (including phenoxy) is 1. The molecular formula is C19H19F2NO4. The van der Waals surface area contributed by atoms with E-state index in [-0.39, 0.29) is 31.6 Å². The van der Waals surface area contributed by atoms with Gasteiger partial charge in [-0.05, 0) is 24.1 Å². The summed E-state index contributed by atoms with van der Waals surface area (Å²) in [6, 6.07) is 10.9. The van der Waals surface area contributed by atoms with Gasteiger partial charge in [-0.2, -0.15) is 0 Å². The molecule has 5 nitrogen and oxygen atoms in total. The lowest BCUT2D eigenvalue weighted by Crippen LogP contribution is -2.42. The maximum absolute atomic E-state index is 13.4. The second-order valence-electron chi connectivity index (χ2n) is 5.67. The topological polar surface area (TPSA) is 75.6 Å². The quantitative estimate of drug-likeness (QED) is 0.672. The summed E-state index contributed by atoms with van der Waals surface area (Å²) in [6.07, 6.45) is 0.473. The minimum atomic E-state index is -1.12. The fourth-order valence-electron chi connectivity index (χ4n) is 2.32. The van der Waals surface area contributed by atoms with Gasteiger partial charge in [0.2, 0.25) is 5.91 Å². The Hall–Kier alpha value is -2.96. The SMILES string of the molecule is O=C(CCCOc1ccc(F)cc1F)N[C@H](Cc1ccccc1)C(=O)O. The van der Waals surface area contributed by atoms with Gasteiger partial charge in [-0.15, -0.1) is 0 Å². The fourth-order valence-corrected chi connectivity index (χ4v) is 2.32. The number of carbonyl (C=O) groups excluding carboxylic acids is 1. The van der Waals surface area contributed by atoms with Gasteiger partial charge >= 0.3 is 5.97 Å². The highest BCUT2D eigenvalue weighted by Crippen LogP contribution is 2.17. The molecule has 0 aromatic heterocycles.